The number of hydrogen-bond acceptors (Lipinski definition) is 2. The Morgan fingerprint density at radius 3 is 2.61 bits per heavy atom. The fourth-order valence-electron chi connectivity index (χ4n) is 1.82. The van der Waals surface area contributed by atoms with Gasteiger partial charge in [0.05, 0.1) is 5.71 Å². The second-order valence-electron chi connectivity index (χ2n) is 4.00. The van der Waals surface area contributed by atoms with E-state index < -0.39 is 11.9 Å². The average Bonchev–Trinajstić information content (AvgIpc) is 2.37. The highest BCUT2D eigenvalue weighted by Gasteiger charge is 2.25. The molecule has 0 saturated heterocycles. The maximum atomic E-state index is 11.1. The number of allylic oxidation sites excluding steroid dienone is 4. The summed E-state index contributed by atoms with van der Waals surface area (Å²) in [6.45, 7) is 0. The third-order valence-electron chi connectivity index (χ3n) is 2.72. The SMILES string of the molecule is N=C1C=CC=C(C=Cc2ccccc2)C1C(=O)O. The first kappa shape index (κ1) is 12.0. The molecule has 1 atom stereocenters. The lowest BCUT2D eigenvalue weighted by Crippen LogP contribution is -2.24. The van der Waals surface area contributed by atoms with Crippen LogP contribution >= 0.6 is 0 Å². The molecule has 1 aliphatic rings. The predicted molar refractivity (Wildman–Crippen MR) is 71.6 cm³/mol. The van der Waals surface area contributed by atoms with Crippen molar-refractivity contribution in [2.45, 2.75) is 0 Å². The van der Waals surface area contributed by atoms with Gasteiger partial charge in [0.1, 0.15) is 5.92 Å². The molecule has 1 aromatic rings. The first-order valence-electron chi connectivity index (χ1n) is 5.61. The molecule has 0 radical (unpaired) electrons. The first-order chi connectivity index (χ1) is 8.68. The minimum absolute atomic E-state index is 0.109. The minimum Gasteiger partial charge on any atom is -0.480 e. The van der Waals surface area contributed by atoms with E-state index in [1.54, 1.807) is 18.2 Å². The van der Waals surface area contributed by atoms with E-state index in [1.807, 2.05) is 36.4 Å². The molecule has 0 spiro atoms. The summed E-state index contributed by atoms with van der Waals surface area (Å²) in [5.74, 6) is -1.86. The molecule has 90 valence electrons. The number of aliphatic carboxylic acids is 1. The summed E-state index contributed by atoms with van der Waals surface area (Å²) in [6.07, 6.45) is 8.56. The standard InChI is InChI=1S/C15H13NO2/c16-13-8-4-7-12(14(13)15(17)18)10-9-11-5-2-1-3-6-11/h1-10,14,16H,(H,17,18). The molecule has 0 bridgehead atoms. The quantitative estimate of drug-likeness (QED) is 0.851. The summed E-state index contributed by atoms with van der Waals surface area (Å²) in [5, 5.41) is 16.8. The van der Waals surface area contributed by atoms with Crippen molar-refractivity contribution in [2.24, 2.45) is 5.92 Å². The van der Waals surface area contributed by atoms with Crippen LogP contribution in [0.1, 0.15) is 5.56 Å². The molecule has 0 saturated carbocycles. The van der Waals surface area contributed by atoms with Crippen molar-refractivity contribution in [1.29, 1.82) is 5.41 Å². The van der Waals surface area contributed by atoms with Crippen LogP contribution in [0.4, 0.5) is 0 Å². The van der Waals surface area contributed by atoms with Crippen molar-refractivity contribution < 1.29 is 9.90 Å². The molecule has 1 aromatic carbocycles. The molecule has 1 aliphatic carbocycles. The van der Waals surface area contributed by atoms with Gasteiger partial charge in [-0.3, -0.25) is 4.79 Å². The fourth-order valence-corrected chi connectivity index (χ4v) is 1.82. The van der Waals surface area contributed by atoms with E-state index in [0.29, 0.717) is 5.57 Å². The van der Waals surface area contributed by atoms with E-state index in [9.17, 15) is 4.79 Å². The highest BCUT2D eigenvalue weighted by Crippen LogP contribution is 2.20. The Bertz CT molecular complexity index is 553. The van der Waals surface area contributed by atoms with Gasteiger partial charge in [0.15, 0.2) is 0 Å². The molecule has 1 unspecified atom stereocenters. The van der Waals surface area contributed by atoms with Gasteiger partial charge in [-0.15, -0.1) is 0 Å². The monoisotopic (exact) mass is 239 g/mol. The summed E-state index contributed by atoms with van der Waals surface area (Å²) in [5.41, 5.74) is 1.74. The highest BCUT2D eigenvalue weighted by atomic mass is 16.4. The molecule has 3 heteroatoms. The van der Waals surface area contributed by atoms with Crippen LogP contribution in [0.2, 0.25) is 0 Å². The van der Waals surface area contributed by atoms with Crippen molar-refractivity contribution in [1.82, 2.24) is 0 Å². The van der Waals surface area contributed by atoms with Gasteiger partial charge in [-0.05, 0) is 17.2 Å². The molecule has 18 heavy (non-hydrogen) atoms. The van der Waals surface area contributed by atoms with E-state index >= 15 is 0 Å². The predicted octanol–water partition coefficient (Wildman–Crippen LogP) is 2.92. The number of hydrogen-bond donors (Lipinski definition) is 2. The normalized spacial score (nSPS) is 19.0. The van der Waals surface area contributed by atoms with Crippen molar-refractivity contribution in [3.05, 3.63) is 65.8 Å². The van der Waals surface area contributed by atoms with Gasteiger partial charge >= 0.3 is 5.97 Å². The summed E-state index contributed by atoms with van der Waals surface area (Å²) < 4.78 is 0. The number of carboxylic acids is 1. The first-order valence-corrected chi connectivity index (χ1v) is 5.61. The van der Waals surface area contributed by atoms with Crippen LogP contribution in [-0.2, 0) is 4.79 Å². The molecular formula is C15H13NO2. The van der Waals surface area contributed by atoms with Crippen LogP contribution in [-0.4, -0.2) is 16.8 Å². The van der Waals surface area contributed by atoms with Gasteiger partial charge in [0.25, 0.3) is 0 Å². The maximum Gasteiger partial charge on any atom is 0.317 e. The van der Waals surface area contributed by atoms with Gasteiger partial charge in [-0.2, -0.15) is 0 Å². The minimum atomic E-state index is -0.992. The molecule has 2 rings (SSSR count). The lowest BCUT2D eigenvalue weighted by molar-refractivity contribution is -0.138. The van der Waals surface area contributed by atoms with E-state index in [4.69, 9.17) is 10.5 Å². The second kappa shape index (κ2) is 5.27. The number of rotatable bonds is 3. The maximum absolute atomic E-state index is 11.1. The Morgan fingerprint density at radius 1 is 1.22 bits per heavy atom. The molecule has 0 aliphatic heterocycles. The van der Waals surface area contributed by atoms with Crippen LogP contribution in [0.15, 0.2) is 60.2 Å². The van der Waals surface area contributed by atoms with E-state index in [2.05, 4.69) is 0 Å². The lowest BCUT2D eigenvalue weighted by atomic mass is 9.89. The van der Waals surface area contributed by atoms with E-state index in [1.165, 1.54) is 6.08 Å². The Labute approximate surface area is 105 Å². The van der Waals surface area contributed by atoms with Gasteiger partial charge in [0.2, 0.25) is 0 Å². The third-order valence-corrected chi connectivity index (χ3v) is 2.72. The van der Waals surface area contributed by atoms with Crippen LogP contribution in [0, 0.1) is 11.3 Å². The number of carboxylic acid groups (broad SMARTS) is 1. The van der Waals surface area contributed by atoms with E-state index in [0.717, 1.165) is 5.56 Å². The topological polar surface area (TPSA) is 61.2 Å². The fraction of sp³-hybridized carbons (Fsp3) is 0.0667. The highest BCUT2D eigenvalue weighted by molar-refractivity contribution is 6.10. The zero-order valence-electron chi connectivity index (χ0n) is 9.71. The third kappa shape index (κ3) is 2.63. The Balaban J connectivity index is 2.24. The number of nitrogens with one attached hydrogen (secondary N) is 1. The largest absolute Gasteiger partial charge is 0.480 e. The van der Waals surface area contributed by atoms with Gasteiger partial charge in [0, 0.05) is 0 Å². The molecule has 0 fully saturated rings. The molecule has 0 aromatic heterocycles. The molecular weight excluding hydrogens is 226 g/mol. The van der Waals surface area contributed by atoms with Gasteiger partial charge in [-0.25, -0.2) is 0 Å². The molecule has 0 amide bonds. The smallest absolute Gasteiger partial charge is 0.317 e. The lowest BCUT2D eigenvalue weighted by Gasteiger charge is -2.15. The van der Waals surface area contributed by atoms with E-state index in [-0.39, 0.29) is 5.71 Å². The van der Waals surface area contributed by atoms with Gasteiger partial charge < -0.3 is 10.5 Å². The summed E-state index contributed by atoms with van der Waals surface area (Å²) in [7, 11) is 0. The zero-order valence-corrected chi connectivity index (χ0v) is 9.71. The van der Waals surface area contributed by atoms with Crippen LogP contribution in [0.5, 0.6) is 0 Å². The Morgan fingerprint density at radius 2 is 1.94 bits per heavy atom. The Kier molecular flexibility index (Phi) is 3.53. The Hall–Kier alpha value is -2.42. The number of benzene rings is 1. The summed E-state index contributed by atoms with van der Waals surface area (Å²) in [4.78, 5) is 11.1. The van der Waals surface area contributed by atoms with Crippen LogP contribution < -0.4 is 0 Å². The van der Waals surface area contributed by atoms with Crippen molar-refractivity contribution in [3.8, 4) is 0 Å². The van der Waals surface area contributed by atoms with Crippen molar-refractivity contribution in [3.63, 3.8) is 0 Å². The van der Waals surface area contributed by atoms with Crippen LogP contribution in [0.25, 0.3) is 6.08 Å². The molecule has 2 N–H and O–H groups in total. The van der Waals surface area contributed by atoms with Gasteiger partial charge in [-0.1, -0.05) is 54.6 Å². The summed E-state index contributed by atoms with van der Waals surface area (Å²) in [6, 6.07) is 9.65. The number of carbonyl (C=O) groups is 1. The van der Waals surface area contributed by atoms with Crippen LogP contribution in [0.3, 0.4) is 0 Å². The zero-order chi connectivity index (χ0) is 13.0. The van der Waals surface area contributed by atoms with Crippen molar-refractivity contribution in [2.75, 3.05) is 0 Å². The molecule has 3 nitrogen and oxygen atoms in total. The average molecular weight is 239 g/mol. The van der Waals surface area contributed by atoms with Crippen molar-refractivity contribution >= 4 is 17.8 Å². The second-order valence-corrected chi connectivity index (χ2v) is 4.00. The summed E-state index contributed by atoms with van der Waals surface area (Å²) >= 11 is 0. The molecule has 0 heterocycles.